The second-order valence-corrected chi connectivity index (χ2v) is 10.7. The fourth-order valence-corrected chi connectivity index (χ4v) is 4.98. The molecule has 34 heavy (non-hydrogen) atoms. The molecule has 5 nitrogen and oxygen atoms in total. The molecular weight excluding hydrogens is 580 g/mol. The fourth-order valence-electron chi connectivity index (χ4n) is 3.01. The van der Waals surface area contributed by atoms with Gasteiger partial charge in [0.15, 0.2) is 0 Å². The van der Waals surface area contributed by atoms with Gasteiger partial charge >= 0.3 is 6.18 Å². The number of carbonyl (C=O) groups excluding carboxylic acids is 1. The van der Waals surface area contributed by atoms with E-state index in [0.717, 1.165) is 16.4 Å². The van der Waals surface area contributed by atoms with Gasteiger partial charge in [-0.25, -0.2) is 8.42 Å². The molecule has 1 amide bonds. The zero-order chi connectivity index (χ0) is 25.1. The number of halogens is 6. The van der Waals surface area contributed by atoms with E-state index in [9.17, 15) is 26.4 Å². The first-order valence-corrected chi connectivity index (χ1v) is 12.5. The number of alkyl halides is 3. The lowest BCUT2D eigenvalue weighted by molar-refractivity contribution is -0.137. The number of benzene rings is 3. The highest BCUT2D eigenvalue weighted by atomic mass is 79.9. The number of nitrogens with one attached hydrogen (secondary N) is 1. The minimum atomic E-state index is -4.70. The first-order valence-electron chi connectivity index (χ1n) is 9.53. The molecule has 1 N–H and O–H groups in total. The average molecular weight is 596 g/mol. The van der Waals surface area contributed by atoms with Gasteiger partial charge in [0, 0.05) is 11.0 Å². The van der Waals surface area contributed by atoms with Crippen LogP contribution in [-0.2, 0) is 27.5 Å². The van der Waals surface area contributed by atoms with Crippen LogP contribution in [0.25, 0.3) is 0 Å². The van der Waals surface area contributed by atoms with Crippen molar-refractivity contribution in [3.8, 4) is 0 Å². The topological polar surface area (TPSA) is 66.5 Å². The molecule has 0 aliphatic rings. The van der Waals surface area contributed by atoms with Crippen LogP contribution in [0.1, 0.15) is 11.1 Å². The Balaban J connectivity index is 1.93. The average Bonchev–Trinajstić information content (AvgIpc) is 2.75. The number of para-hydroxylation sites is 1. The van der Waals surface area contributed by atoms with E-state index in [1.165, 1.54) is 54.6 Å². The molecule has 0 saturated carbocycles. The van der Waals surface area contributed by atoms with Crippen molar-refractivity contribution in [2.45, 2.75) is 17.6 Å². The lowest BCUT2D eigenvalue weighted by atomic mass is 10.1. The van der Waals surface area contributed by atoms with Crippen LogP contribution in [-0.4, -0.2) is 25.2 Å². The molecule has 3 aromatic carbocycles. The Morgan fingerprint density at radius 2 is 1.62 bits per heavy atom. The standard InChI is InChI=1S/C22H16BrCl2F3N2O3S/c23-15-6-8-16(9-7-15)34(32,33)30(12-14-5-10-18(24)19(25)11-14)13-21(31)29-20-4-2-1-3-17(20)22(26,27)28/h1-11H,12-13H2,(H,29,31). The van der Waals surface area contributed by atoms with Crippen LogP contribution in [0, 0.1) is 0 Å². The molecule has 12 heteroatoms. The third-order valence-corrected chi connectivity index (χ3v) is 7.69. The molecule has 3 rings (SSSR count). The van der Waals surface area contributed by atoms with Gasteiger partial charge in [-0.3, -0.25) is 4.79 Å². The molecule has 0 bridgehead atoms. The second kappa shape index (κ2) is 10.7. The van der Waals surface area contributed by atoms with E-state index in [0.29, 0.717) is 10.0 Å². The van der Waals surface area contributed by atoms with Gasteiger partial charge in [0.05, 0.1) is 32.7 Å². The number of hydrogen-bond acceptors (Lipinski definition) is 3. The van der Waals surface area contributed by atoms with E-state index in [-0.39, 0.29) is 21.5 Å². The van der Waals surface area contributed by atoms with Gasteiger partial charge in [-0.15, -0.1) is 0 Å². The maximum absolute atomic E-state index is 13.3. The Morgan fingerprint density at radius 3 is 2.24 bits per heavy atom. The smallest absolute Gasteiger partial charge is 0.324 e. The Labute approximate surface area is 212 Å². The molecule has 0 aliphatic heterocycles. The maximum atomic E-state index is 13.3. The van der Waals surface area contributed by atoms with Gasteiger partial charge in [0.2, 0.25) is 15.9 Å². The molecule has 0 aliphatic carbocycles. The third kappa shape index (κ3) is 6.51. The molecule has 0 aromatic heterocycles. The van der Waals surface area contributed by atoms with Gasteiger partial charge in [-0.2, -0.15) is 17.5 Å². The normalized spacial score (nSPS) is 12.1. The minimum Gasteiger partial charge on any atom is -0.324 e. The zero-order valence-electron chi connectivity index (χ0n) is 17.1. The molecule has 0 atom stereocenters. The summed E-state index contributed by atoms with van der Waals surface area (Å²) < 4.78 is 67.9. The van der Waals surface area contributed by atoms with Crippen LogP contribution in [0.15, 0.2) is 76.1 Å². The molecule has 180 valence electrons. The summed E-state index contributed by atoms with van der Waals surface area (Å²) >= 11 is 15.2. The summed E-state index contributed by atoms with van der Waals surface area (Å²) in [6.45, 7) is -1.02. The second-order valence-electron chi connectivity index (χ2n) is 7.07. The summed E-state index contributed by atoms with van der Waals surface area (Å²) in [5.74, 6) is -0.947. The van der Waals surface area contributed by atoms with E-state index in [1.807, 2.05) is 0 Å². The summed E-state index contributed by atoms with van der Waals surface area (Å²) in [5.41, 5.74) is -1.09. The number of carbonyl (C=O) groups is 1. The summed E-state index contributed by atoms with van der Waals surface area (Å²) in [7, 11) is -4.21. The molecule has 0 unspecified atom stereocenters. The number of nitrogens with zero attached hydrogens (tertiary/aromatic N) is 1. The minimum absolute atomic E-state index is 0.0979. The Morgan fingerprint density at radius 1 is 0.971 bits per heavy atom. The lowest BCUT2D eigenvalue weighted by Gasteiger charge is -2.23. The SMILES string of the molecule is O=C(CN(Cc1ccc(Cl)c(Cl)c1)S(=O)(=O)c1ccc(Br)cc1)Nc1ccccc1C(F)(F)F. The van der Waals surface area contributed by atoms with Crippen molar-refractivity contribution in [2.24, 2.45) is 0 Å². The molecule has 3 aromatic rings. The quantitative estimate of drug-likeness (QED) is 0.334. The largest absolute Gasteiger partial charge is 0.418 e. The number of sulfonamides is 1. The Hall–Kier alpha value is -2.11. The molecule has 0 heterocycles. The highest BCUT2D eigenvalue weighted by Gasteiger charge is 2.34. The zero-order valence-corrected chi connectivity index (χ0v) is 21.0. The molecule has 0 fully saturated rings. The van der Waals surface area contributed by atoms with Crippen molar-refractivity contribution in [3.63, 3.8) is 0 Å². The van der Waals surface area contributed by atoms with Crippen LogP contribution < -0.4 is 5.32 Å². The first-order chi connectivity index (χ1) is 15.9. The van der Waals surface area contributed by atoms with Gasteiger partial charge < -0.3 is 5.32 Å². The van der Waals surface area contributed by atoms with Crippen LogP contribution in [0.3, 0.4) is 0 Å². The van der Waals surface area contributed by atoms with Crippen LogP contribution >= 0.6 is 39.1 Å². The van der Waals surface area contributed by atoms with Crippen molar-refractivity contribution in [2.75, 3.05) is 11.9 Å². The molecular formula is C22H16BrCl2F3N2O3S. The van der Waals surface area contributed by atoms with Crippen molar-refractivity contribution >= 4 is 60.7 Å². The predicted octanol–water partition coefficient (Wildman–Crippen LogP) is 6.60. The van der Waals surface area contributed by atoms with Crippen LogP contribution in [0.5, 0.6) is 0 Å². The van der Waals surface area contributed by atoms with Gasteiger partial charge in [0.1, 0.15) is 0 Å². The van der Waals surface area contributed by atoms with Gasteiger partial charge in [-0.05, 0) is 54.1 Å². The summed E-state index contributed by atoms with van der Waals surface area (Å²) in [6, 6.07) is 14.6. The van der Waals surface area contributed by atoms with E-state index in [4.69, 9.17) is 23.2 Å². The number of hydrogen-bond donors (Lipinski definition) is 1. The van der Waals surface area contributed by atoms with E-state index >= 15 is 0 Å². The van der Waals surface area contributed by atoms with Crippen molar-refractivity contribution in [1.82, 2.24) is 4.31 Å². The Bertz CT molecular complexity index is 1300. The molecule has 0 spiro atoms. The number of amides is 1. The van der Waals surface area contributed by atoms with E-state index in [2.05, 4.69) is 21.2 Å². The van der Waals surface area contributed by atoms with Gasteiger partial charge in [-0.1, -0.05) is 57.3 Å². The summed E-state index contributed by atoms with van der Waals surface area (Å²) in [6.07, 6.45) is -4.70. The lowest BCUT2D eigenvalue weighted by Crippen LogP contribution is -2.37. The molecule has 0 saturated heterocycles. The highest BCUT2D eigenvalue weighted by molar-refractivity contribution is 9.10. The highest BCUT2D eigenvalue weighted by Crippen LogP contribution is 2.34. The summed E-state index contributed by atoms with van der Waals surface area (Å²) in [4.78, 5) is 12.6. The van der Waals surface area contributed by atoms with E-state index in [1.54, 1.807) is 0 Å². The number of rotatable bonds is 7. The fraction of sp³-hybridized carbons (Fsp3) is 0.136. The predicted molar refractivity (Wildman–Crippen MR) is 128 cm³/mol. The first kappa shape index (κ1) is 26.5. The van der Waals surface area contributed by atoms with E-state index < -0.39 is 39.9 Å². The molecule has 0 radical (unpaired) electrons. The van der Waals surface area contributed by atoms with Gasteiger partial charge in [0.25, 0.3) is 0 Å². The van der Waals surface area contributed by atoms with Crippen molar-refractivity contribution in [3.05, 3.63) is 92.4 Å². The summed E-state index contributed by atoms with van der Waals surface area (Å²) in [5, 5.41) is 2.61. The van der Waals surface area contributed by atoms with Crippen molar-refractivity contribution < 1.29 is 26.4 Å². The van der Waals surface area contributed by atoms with Crippen LogP contribution in [0.2, 0.25) is 10.0 Å². The maximum Gasteiger partial charge on any atom is 0.418 e. The van der Waals surface area contributed by atoms with Crippen LogP contribution in [0.4, 0.5) is 18.9 Å². The monoisotopic (exact) mass is 594 g/mol. The van der Waals surface area contributed by atoms with Crippen molar-refractivity contribution in [1.29, 1.82) is 0 Å². The third-order valence-electron chi connectivity index (χ3n) is 4.62. The number of anilines is 1. The Kier molecular flexibility index (Phi) is 8.30.